The minimum atomic E-state index is -0.379. The van der Waals surface area contributed by atoms with Crippen molar-refractivity contribution in [2.45, 2.75) is 4.90 Å². The first kappa shape index (κ1) is 11.0. The second kappa shape index (κ2) is 4.31. The van der Waals surface area contributed by atoms with Gasteiger partial charge in [0, 0.05) is 17.0 Å². The van der Waals surface area contributed by atoms with Gasteiger partial charge < -0.3 is 0 Å². The van der Waals surface area contributed by atoms with E-state index in [-0.39, 0.29) is 11.1 Å². The average molecular weight is 255 g/mol. The fourth-order valence-corrected chi connectivity index (χ4v) is 2.79. The normalized spacial score (nSPS) is 12.4. The van der Waals surface area contributed by atoms with E-state index in [4.69, 9.17) is 0 Å². The van der Waals surface area contributed by atoms with E-state index in [1.165, 1.54) is 12.1 Å². The summed E-state index contributed by atoms with van der Waals surface area (Å²) < 4.78 is 0. The molecule has 0 saturated carbocycles. The Kier molecular flexibility index (Phi) is 2.64. The Morgan fingerprint density at radius 3 is 2.61 bits per heavy atom. The molecule has 0 radical (unpaired) electrons. The highest BCUT2D eigenvalue weighted by atomic mass is 32.2. The molecule has 3 nitrogen and oxygen atoms in total. The number of aromatic nitrogens is 1. The number of nitrogens with one attached hydrogen (secondary N) is 1. The molecule has 0 fully saturated rings. The van der Waals surface area contributed by atoms with E-state index >= 15 is 0 Å². The van der Waals surface area contributed by atoms with Crippen molar-refractivity contribution in [1.29, 1.82) is 0 Å². The molecule has 0 amide bonds. The van der Waals surface area contributed by atoms with Crippen LogP contribution in [0.5, 0.6) is 0 Å². The molecule has 0 spiro atoms. The number of rotatable bonds is 0. The first-order chi connectivity index (χ1) is 8.74. The Morgan fingerprint density at radius 2 is 1.72 bits per heavy atom. The molecule has 2 aromatic rings. The average Bonchev–Trinajstić information content (AvgIpc) is 2.58. The summed E-state index contributed by atoms with van der Waals surface area (Å²) in [7, 11) is 0. The molecule has 1 aliphatic rings. The van der Waals surface area contributed by atoms with Crippen LogP contribution < -0.4 is 11.1 Å². The third-order valence-electron chi connectivity index (χ3n) is 2.74. The van der Waals surface area contributed by atoms with Gasteiger partial charge in [0.25, 0.3) is 11.1 Å². The molecule has 88 valence electrons. The zero-order valence-electron chi connectivity index (χ0n) is 9.34. The van der Waals surface area contributed by atoms with E-state index in [9.17, 15) is 9.59 Å². The molecule has 0 unspecified atom stereocenters. The topological polar surface area (TPSA) is 49.9 Å². The second-order valence-corrected chi connectivity index (χ2v) is 4.88. The number of hydrogen-bond donors (Lipinski definition) is 1. The zero-order valence-corrected chi connectivity index (χ0v) is 10.2. The molecule has 1 aromatic heterocycles. The van der Waals surface area contributed by atoms with Crippen LogP contribution in [0, 0.1) is 0 Å². The van der Waals surface area contributed by atoms with Gasteiger partial charge in [-0.2, -0.15) is 0 Å². The van der Waals surface area contributed by atoms with Crippen LogP contribution in [0.25, 0.3) is 17.2 Å². The SMILES string of the molecule is O=c1cc2c(cc(=O)[nH]1)-c1ccccc1SC=C2. The van der Waals surface area contributed by atoms with Gasteiger partial charge in [-0.1, -0.05) is 30.0 Å². The third-order valence-corrected chi connectivity index (χ3v) is 3.62. The third kappa shape index (κ3) is 1.91. The summed E-state index contributed by atoms with van der Waals surface area (Å²) in [5.74, 6) is 0. The molecule has 3 rings (SSSR count). The Balaban J connectivity index is 2.46. The summed E-state index contributed by atoms with van der Waals surface area (Å²) in [6.07, 6.45) is 1.86. The van der Waals surface area contributed by atoms with Gasteiger partial charge in [0.05, 0.1) is 0 Å². The number of thioether (sulfide) groups is 1. The molecular weight excluding hydrogens is 246 g/mol. The van der Waals surface area contributed by atoms with Crippen LogP contribution >= 0.6 is 11.8 Å². The van der Waals surface area contributed by atoms with Crippen LogP contribution in [0.4, 0.5) is 0 Å². The minimum Gasteiger partial charge on any atom is -0.289 e. The van der Waals surface area contributed by atoms with E-state index in [2.05, 4.69) is 4.98 Å². The monoisotopic (exact) mass is 255 g/mol. The summed E-state index contributed by atoms with van der Waals surface area (Å²) in [5.41, 5.74) is 1.77. The lowest BCUT2D eigenvalue weighted by Crippen LogP contribution is -2.11. The van der Waals surface area contributed by atoms with Gasteiger partial charge >= 0.3 is 0 Å². The van der Waals surface area contributed by atoms with E-state index in [0.717, 1.165) is 21.6 Å². The summed E-state index contributed by atoms with van der Waals surface area (Å²) in [5, 5.41) is 1.93. The van der Waals surface area contributed by atoms with Crippen molar-refractivity contribution in [2.75, 3.05) is 0 Å². The largest absolute Gasteiger partial charge is 0.289 e. The molecule has 2 heterocycles. The van der Waals surface area contributed by atoms with Gasteiger partial charge in [0.2, 0.25) is 0 Å². The van der Waals surface area contributed by atoms with Crippen molar-refractivity contribution in [1.82, 2.24) is 4.98 Å². The van der Waals surface area contributed by atoms with Gasteiger partial charge in [0.1, 0.15) is 0 Å². The molecule has 0 bridgehead atoms. The van der Waals surface area contributed by atoms with E-state index in [0.29, 0.717) is 0 Å². The van der Waals surface area contributed by atoms with Crippen molar-refractivity contribution in [2.24, 2.45) is 0 Å². The predicted octanol–water partition coefficient (Wildman–Crippen LogP) is 2.48. The molecule has 1 N–H and O–H groups in total. The maximum absolute atomic E-state index is 11.6. The van der Waals surface area contributed by atoms with Gasteiger partial charge in [-0.25, -0.2) is 0 Å². The first-order valence-corrected chi connectivity index (χ1v) is 6.33. The van der Waals surface area contributed by atoms with Gasteiger partial charge in [0.15, 0.2) is 0 Å². The van der Waals surface area contributed by atoms with E-state index in [1.54, 1.807) is 11.8 Å². The fraction of sp³-hybridized carbons (Fsp3) is 0. The molecule has 4 heteroatoms. The highest BCUT2D eigenvalue weighted by Crippen LogP contribution is 2.36. The second-order valence-electron chi connectivity index (χ2n) is 3.93. The highest BCUT2D eigenvalue weighted by molar-refractivity contribution is 8.02. The zero-order chi connectivity index (χ0) is 12.5. The smallest absolute Gasteiger partial charge is 0.251 e. The molecular formula is C14H9NO2S. The Bertz CT molecular complexity index is 762. The quantitative estimate of drug-likeness (QED) is 0.786. The standard InChI is InChI=1S/C14H9NO2S/c16-13-7-9-5-6-18-12-4-2-1-3-10(12)11(9)8-14(17)15-13/h1-8H,(H,15,16,17). The van der Waals surface area contributed by atoms with E-state index < -0.39 is 0 Å². The van der Waals surface area contributed by atoms with Crippen LogP contribution in [0.3, 0.4) is 0 Å². The lowest BCUT2D eigenvalue weighted by molar-refractivity contribution is 1.20. The van der Waals surface area contributed by atoms with Crippen LogP contribution in [0.15, 0.2) is 56.3 Å². The number of benzene rings is 1. The van der Waals surface area contributed by atoms with Gasteiger partial charge in [-0.05, 0) is 34.2 Å². The molecule has 1 aliphatic heterocycles. The summed E-state index contributed by atoms with van der Waals surface area (Å²) >= 11 is 1.58. The van der Waals surface area contributed by atoms with Crippen molar-refractivity contribution in [3.63, 3.8) is 0 Å². The molecule has 18 heavy (non-hydrogen) atoms. The number of aromatic amines is 1. The van der Waals surface area contributed by atoms with Crippen LogP contribution in [-0.2, 0) is 0 Å². The molecule has 0 atom stereocenters. The van der Waals surface area contributed by atoms with Crippen molar-refractivity contribution in [3.8, 4) is 11.1 Å². The highest BCUT2D eigenvalue weighted by Gasteiger charge is 2.11. The lowest BCUT2D eigenvalue weighted by Gasteiger charge is -2.04. The lowest BCUT2D eigenvalue weighted by atomic mass is 10.0. The summed E-state index contributed by atoms with van der Waals surface area (Å²) in [6.45, 7) is 0. The number of hydrogen-bond acceptors (Lipinski definition) is 3. The molecule has 0 saturated heterocycles. The van der Waals surface area contributed by atoms with E-state index in [1.807, 2.05) is 35.7 Å². The fourth-order valence-electron chi connectivity index (χ4n) is 1.97. The Morgan fingerprint density at radius 1 is 0.944 bits per heavy atom. The number of fused-ring (bicyclic) bond motifs is 3. The summed E-state index contributed by atoms with van der Waals surface area (Å²) in [4.78, 5) is 26.4. The minimum absolute atomic E-state index is 0.378. The van der Waals surface area contributed by atoms with Crippen molar-refractivity contribution >= 4 is 17.8 Å². The van der Waals surface area contributed by atoms with Crippen LogP contribution in [-0.4, -0.2) is 4.98 Å². The molecule has 1 aromatic carbocycles. The van der Waals surface area contributed by atoms with Gasteiger partial charge in [-0.3, -0.25) is 14.6 Å². The Hall–Kier alpha value is -2.07. The maximum atomic E-state index is 11.6. The van der Waals surface area contributed by atoms with Gasteiger partial charge in [-0.15, -0.1) is 0 Å². The summed E-state index contributed by atoms with van der Waals surface area (Å²) in [6, 6.07) is 10.8. The van der Waals surface area contributed by atoms with Crippen LogP contribution in [0.1, 0.15) is 5.56 Å². The van der Waals surface area contributed by atoms with Crippen molar-refractivity contribution < 1.29 is 0 Å². The predicted molar refractivity (Wildman–Crippen MR) is 73.7 cm³/mol. The van der Waals surface area contributed by atoms with Crippen LogP contribution in [0.2, 0.25) is 0 Å². The number of H-pyrrole nitrogens is 1. The maximum Gasteiger partial charge on any atom is 0.251 e. The first-order valence-electron chi connectivity index (χ1n) is 5.45. The Labute approximate surface area is 107 Å². The van der Waals surface area contributed by atoms with Crippen molar-refractivity contribution in [3.05, 3.63) is 68.1 Å². The molecule has 0 aliphatic carbocycles.